The lowest BCUT2D eigenvalue weighted by Crippen LogP contribution is -2.43. The molecule has 26 heavy (non-hydrogen) atoms. The number of nitrogens with zero attached hydrogens (tertiary/aromatic N) is 1. The van der Waals surface area contributed by atoms with Gasteiger partial charge in [-0.3, -0.25) is 10.1 Å². The predicted octanol–water partition coefficient (Wildman–Crippen LogP) is 3.44. The van der Waals surface area contributed by atoms with Crippen molar-refractivity contribution in [1.82, 2.24) is 5.32 Å². The zero-order valence-corrected chi connectivity index (χ0v) is 14.9. The van der Waals surface area contributed by atoms with E-state index in [2.05, 4.69) is 29.6 Å². The lowest BCUT2D eigenvalue weighted by Gasteiger charge is -2.38. The van der Waals surface area contributed by atoms with Crippen LogP contribution in [0.1, 0.15) is 24.0 Å². The average molecular weight is 356 g/mol. The van der Waals surface area contributed by atoms with Crippen molar-refractivity contribution < 1.29 is 14.4 Å². The standard InChI is InChI=1S/C20H24N2O4/c1-25-19-8-7-18(22(23)24)13-16(19)14-26-15-20(9-11-21-12-10-20)17-5-3-2-4-6-17/h2-8,13,21H,9-12,14-15H2,1H3. The van der Waals surface area contributed by atoms with Gasteiger partial charge in [0.2, 0.25) is 0 Å². The van der Waals surface area contributed by atoms with Gasteiger partial charge in [-0.05, 0) is 37.6 Å². The minimum absolute atomic E-state index is 0.0273. The average Bonchev–Trinajstić information content (AvgIpc) is 2.69. The highest BCUT2D eigenvalue weighted by Gasteiger charge is 2.34. The third-order valence-electron chi connectivity index (χ3n) is 5.06. The van der Waals surface area contributed by atoms with E-state index < -0.39 is 4.92 Å². The van der Waals surface area contributed by atoms with Crippen LogP contribution in [0.4, 0.5) is 5.69 Å². The summed E-state index contributed by atoms with van der Waals surface area (Å²) >= 11 is 0. The van der Waals surface area contributed by atoms with Gasteiger partial charge in [0.1, 0.15) is 5.75 Å². The molecule has 0 aromatic heterocycles. The van der Waals surface area contributed by atoms with Crippen LogP contribution in [0.3, 0.4) is 0 Å². The number of hydrogen-bond donors (Lipinski definition) is 1. The molecule has 2 aromatic carbocycles. The molecule has 0 unspecified atom stereocenters. The fourth-order valence-corrected chi connectivity index (χ4v) is 3.56. The molecule has 1 heterocycles. The van der Waals surface area contributed by atoms with Gasteiger partial charge in [0, 0.05) is 23.1 Å². The first kappa shape index (κ1) is 18.4. The second kappa shape index (κ2) is 8.29. The highest BCUT2D eigenvalue weighted by molar-refractivity contribution is 5.43. The second-order valence-corrected chi connectivity index (χ2v) is 6.64. The molecule has 3 rings (SSSR count). The van der Waals surface area contributed by atoms with Crippen LogP contribution in [-0.2, 0) is 16.8 Å². The molecule has 0 aliphatic carbocycles. The Morgan fingerprint density at radius 1 is 1.15 bits per heavy atom. The van der Waals surface area contributed by atoms with Crippen molar-refractivity contribution in [3.63, 3.8) is 0 Å². The van der Waals surface area contributed by atoms with Crippen LogP contribution in [0.25, 0.3) is 0 Å². The lowest BCUT2D eigenvalue weighted by atomic mass is 9.74. The Morgan fingerprint density at radius 3 is 2.54 bits per heavy atom. The van der Waals surface area contributed by atoms with Crippen LogP contribution in [-0.4, -0.2) is 31.7 Å². The number of nitro groups is 1. The fourth-order valence-electron chi connectivity index (χ4n) is 3.56. The minimum Gasteiger partial charge on any atom is -0.496 e. The smallest absolute Gasteiger partial charge is 0.270 e. The molecular formula is C20H24N2O4. The third-order valence-corrected chi connectivity index (χ3v) is 5.06. The molecule has 6 nitrogen and oxygen atoms in total. The van der Waals surface area contributed by atoms with E-state index in [0.29, 0.717) is 17.9 Å². The van der Waals surface area contributed by atoms with Crippen LogP contribution < -0.4 is 10.1 Å². The molecule has 138 valence electrons. The van der Waals surface area contributed by atoms with Crippen LogP contribution in [0.5, 0.6) is 5.75 Å². The van der Waals surface area contributed by atoms with Gasteiger partial charge in [-0.2, -0.15) is 0 Å². The summed E-state index contributed by atoms with van der Waals surface area (Å²) in [5, 5.41) is 14.4. The number of methoxy groups -OCH3 is 1. The van der Waals surface area contributed by atoms with Crippen molar-refractivity contribution >= 4 is 5.69 Å². The van der Waals surface area contributed by atoms with Gasteiger partial charge in [0.05, 0.1) is 25.2 Å². The molecule has 0 amide bonds. The van der Waals surface area contributed by atoms with E-state index in [1.165, 1.54) is 17.7 Å². The van der Waals surface area contributed by atoms with E-state index in [9.17, 15) is 10.1 Å². The summed E-state index contributed by atoms with van der Waals surface area (Å²) in [4.78, 5) is 10.6. The molecular weight excluding hydrogens is 332 g/mol. The van der Waals surface area contributed by atoms with E-state index in [4.69, 9.17) is 9.47 Å². The van der Waals surface area contributed by atoms with Crippen molar-refractivity contribution in [3.8, 4) is 5.75 Å². The molecule has 0 saturated carbocycles. The van der Waals surface area contributed by atoms with Crippen molar-refractivity contribution in [2.24, 2.45) is 0 Å². The summed E-state index contributed by atoms with van der Waals surface area (Å²) in [5.41, 5.74) is 2.00. The van der Waals surface area contributed by atoms with Crippen LogP contribution in [0.15, 0.2) is 48.5 Å². The maximum Gasteiger partial charge on any atom is 0.270 e. The maximum absolute atomic E-state index is 11.0. The van der Waals surface area contributed by atoms with E-state index in [1.54, 1.807) is 13.2 Å². The van der Waals surface area contributed by atoms with Crippen LogP contribution >= 0.6 is 0 Å². The fraction of sp³-hybridized carbons (Fsp3) is 0.400. The van der Waals surface area contributed by atoms with Gasteiger partial charge >= 0.3 is 0 Å². The normalized spacial score (nSPS) is 16.2. The molecule has 1 fully saturated rings. The number of ether oxygens (including phenoxy) is 2. The molecule has 1 aliphatic rings. The van der Waals surface area contributed by atoms with E-state index in [1.807, 2.05) is 6.07 Å². The summed E-state index contributed by atoms with van der Waals surface area (Å²) < 4.78 is 11.4. The summed E-state index contributed by atoms with van der Waals surface area (Å²) in [6.07, 6.45) is 2.01. The SMILES string of the molecule is COc1ccc([N+](=O)[O-])cc1COCC1(c2ccccc2)CCNCC1. The molecule has 1 N–H and O–H groups in total. The second-order valence-electron chi connectivity index (χ2n) is 6.64. The largest absolute Gasteiger partial charge is 0.496 e. The van der Waals surface area contributed by atoms with Gasteiger partial charge in [-0.25, -0.2) is 0 Å². The van der Waals surface area contributed by atoms with Gasteiger partial charge < -0.3 is 14.8 Å². The third kappa shape index (κ3) is 4.03. The van der Waals surface area contributed by atoms with Crippen LogP contribution in [0.2, 0.25) is 0 Å². The maximum atomic E-state index is 11.0. The number of nitrogens with one attached hydrogen (secondary N) is 1. The molecule has 0 bridgehead atoms. The number of rotatable bonds is 7. The van der Waals surface area contributed by atoms with Crippen LogP contribution in [0, 0.1) is 10.1 Å². The van der Waals surface area contributed by atoms with E-state index >= 15 is 0 Å². The Labute approximate surface area is 153 Å². The van der Waals surface area contributed by atoms with Gasteiger partial charge in [0.25, 0.3) is 5.69 Å². The number of hydrogen-bond acceptors (Lipinski definition) is 5. The monoisotopic (exact) mass is 356 g/mol. The highest BCUT2D eigenvalue weighted by Crippen LogP contribution is 2.34. The number of non-ortho nitro benzene ring substituents is 1. The first-order valence-corrected chi connectivity index (χ1v) is 8.80. The number of nitro benzene ring substituents is 1. The number of piperidine rings is 1. The topological polar surface area (TPSA) is 73.6 Å². The van der Waals surface area contributed by atoms with Crippen molar-refractivity contribution in [3.05, 3.63) is 69.8 Å². The van der Waals surface area contributed by atoms with Crippen molar-refractivity contribution in [2.75, 3.05) is 26.8 Å². The predicted molar refractivity (Wildman–Crippen MR) is 99.5 cm³/mol. The van der Waals surface area contributed by atoms with E-state index in [-0.39, 0.29) is 17.7 Å². The zero-order chi connectivity index (χ0) is 18.4. The first-order valence-electron chi connectivity index (χ1n) is 8.80. The Morgan fingerprint density at radius 2 is 1.88 bits per heavy atom. The van der Waals surface area contributed by atoms with Crippen molar-refractivity contribution in [2.45, 2.75) is 24.9 Å². The zero-order valence-electron chi connectivity index (χ0n) is 14.9. The molecule has 0 spiro atoms. The van der Waals surface area contributed by atoms with Crippen molar-refractivity contribution in [1.29, 1.82) is 0 Å². The minimum atomic E-state index is -0.402. The summed E-state index contributed by atoms with van der Waals surface area (Å²) in [6, 6.07) is 15.0. The molecule has 1 aliphatic heterocycles. The Balaban J connectivity index is 1.74. The van der Waals surface area contributed by atoms with Gasteiger partial charge in [0.15, 0.2) is 0 Å². The molecule has 2 aromatic rings. The molecule has 6 heteroatoms. The molecule has 1 saturated heterocycles. The number of benzene rings is 2. The summed E-state index contributed by atoms with van der Waals surface area (Å²) in [6.45, 7) is 2.77. The van der Waals surface area contributed by atoms with Gasteiger partial charge in [-0.1, -0.05) is 30.3 Å². The summed E-state index contributed by atoms with van der Waals surface area (Å²) in [5.74, 6) is 0.606. The van der Waals surface area contributed by atoms with Gasteiger partial charge in [-0.15, -0.1) is 0 Å². The van der Waals surface area contributed by atoms with E-state index in [0.717, 1.165) is 25.9 Å². The Bertz CT molecular complexity index is 743. The first-order chi connectivity index (χ1) is 12.6. The molecule has 0 atom stereocenters. The quantitative estimate of drug-likeness (QED) is 0.608. The highest BCUT2D eigenvalue weighted by atomic mass is 16.6. The lowest BCUT2D eigenvalue weighted by molar-refractivity contribution is -0.385. The molecule has 0 radical (unpaired) electrons. The summed E-state index contributed by atoms with van der Waals surface area (Å²) in [7, 11) is 1.56. The Hall–Kier alpha value is -2.44. The Kier molecular flexibility index (Phi) is 5.85.